The first-order chi connectivity index (χ1) is 17.1. The van der Waals surface area contributed by atoms with Crippen LogP contribution in [0, 0.1) is 0 Å². The molecule has 1 atom stereocenters. The Hall–Kier alpha value is -3.26. The molecular formula is C27H31N3O4S. The van der Waals surface area contributed by atoms with Crippen molar-refractivity contribution < 1.29 is 19.1 Å². The van der Waals surface area contributed by atoms with Gasteiger partial charge >= 0.3 is 12.0 Å². The van der Waals surface area contributed by atoms with Crippen molar-refractivity contribution in [1.82, 2.24) is 14.8 Å². The van der Waals surface area contributed by atoms with Gasteiger partial charge in [0.25, 0.3) is 0 Å². The molecule has 0 saturated carbocycles. The predicted octanol–water partition coefficient (Wildman–Crippen LogP) is 4.99. The molecule has 184 valence electrons. The van der Waals surface area contributed by atoms with Gasteiger partial charge in [-0.3, -0.25) is 4.79 Å². The summed E-state index contributed by atoms with van der Waals surface area (Å²) in [5.74, 6) is 0.441. The first kappa shape index (κ1) is 23.5. The molecule has 7 nitrogen and oxygen atoms in total. The molecule has 1 aliphatic heterocycles. The van der Waals surface area contributed by atoms with E-state index in [1.54, 1.807) is 0 Å². The van der Waals surface area contributed by atoms with E-state index in [9.17, 15) is 9.59 Å². The molecule has 0 fully saturated rings. The first-order valence-electron chi connectivity index (χ1n) is 12.3. The van der Waals surface area contributed by atoms with Crippen LogP contribution in [0.4, 0.5) is 4.79 Å². The lowest BCUT2D eigenvalue weighted by molar-refractivity contribution is -0.140. The predicted molar refractivity (Wildman–Crippen MR) is 135 cm³/mol. The summed E-state index contributed by atoms with van der Waals surface area (Å²) in [7, 11) is 1.36. The highest BCUT2D eigenvalue weighted by atomic mass is 32.1. The van der Waals surface area contributed by atoms with Crippen molar-refractivity contribution in [2.45, 2.75) is 51.6 Å². The third-order valence-corrected chi connectivity index (χ3v) is 8.09. The van der Waals surface area contributed by atoms with Gasteiger partial charge in [0, 0.05) is 23.2 Å². The van der Waals surface area contributed by atoms with Gasteiger partial charge in [-0.05, 0) is 68.0 Å². The molecule has 2 aliphatic rings. The Morgan fingerprint density at radius 2 is 2.00 bits per heavy atom. The Balaban J connectivity index is 1.58. The van der Waals surface area contributed by atoms with Crippen LogP contribution in [0.15, 0.2) is 42.6 Å². The van der Waals surface area contributed by atoms with Crippen LogP contribution in [0.2, 0.25) is 0 Å². The largest absolute Gasteiger partial charge is 0.494 e. The van der Waals surface area contributed by atoms with Crippen LogP contribution in [-0.2, 0) is 28.9 Å². The lowest BCUT2D eigenvalue weighted by Gasteiger charge is -2.31. The van der Waals surface area contributed by atoms with Gasteiger partial charge in [-0.1, -0.05) is 12.1 Å². The Labute approximate surface area is 209 Å². The van der Waals surface area contributed by atoms with Gasteiger partial charge in [0.15, 0.2) is 0 Å². The van der Waals surface area contributed by atoms with E-state index in [1.807, 2.05) is 47.4 Å². The topological polar surface area (TPSA) is 72.8 Å². The number of methoxy groups -OCH3 is 1. The van der Waals surface area contributed by atoms with Crippen LogP contribution in [0.1, 0.15) is 59.5 Å². The van der Waals surface area contributed by atoms with E-state index in [1.165, 1.54) is 41.0 Å². The van der Waals surface area contributed by atoms with Crippen molar-refractivity contribution in [3.8, 4) is 10.8 Å². The molecule has 1 unspecified atom stereocenters. The monoisotopic (exact) mass is 493 g/mol. The summed E-state index contributed by atoms with van der Waals surface area (Å²) in [6.07, 6.45) is 6.80. The van der Waals surface area contributed by atoms with Crippen molar-refractivity contribution in [3.63, 3.8) is 0 Å². The van der Waals surface area contributed by atoms with Crippen LogP contribution < -0.4 is 10.1 Å². The van der Waals surface area contributed by atoms with Crippen LogP contribution >= 0.6 is 11.3 Å². The van der Waals surface area contributed by atoms with E-state index in [2.05, 4.69) is 28.2 Å². The highest BCUT2D eigenvalue weighted by Crippen LogP contribution is 2.44. The number of benzene rings is 1. The number of ether oxygens (including phenoxy) is 2. The summed E-state index contributed by atoms with van der Waals surface area (Å²) < 4.78 is 12.8. The van der Waals surface area contributed by atoms with E-state index in [0.717, 1.165) is 29.8 Å². The van der Waals surface area contributed by atoms with E-state index in [-0.39, 0.29) is 31.0 Å². The fourth-order valence-electron chi connectivity index (χ4n) is 5.15. The molecule has 35 heavy (non-hydrogen) atoms. The van der Waals surface area contributed by atoms with Crippen molar-refractivity contribution >= 4 is 23.3 Å². The molecule has 2 amide bonds. The van der Waals surface area contributed by atoms with Crippen LogP contribution in [0.3, 0.4) is 0 Å². The van der Waals surface area contributed by atoms with Gasteiger partial charge < -0.3 is 24.3 Å². The molecule has 5 rings (SSSR count). The Morgan fingerprint density at radius 3 is 2.83 bits per heavy atom. The number of carbonyl (C=O) groups excluding carboxylic acids is 2. The summed E-state index contributed by atoms with van der Waals surface area (Å²) in [6.45, 7) is 3.27. The summed E-state index contributed by atoms with van der Waals surface area (Å²) in [5, 5.41) is 4.18. The van der Waals surface area contributed by atoms with Crippen molar-refractivity contribution in [2.75, 3.05) is 20.3 Å². The van der Waals surface area contributed by atoms with Gasteiger partial charge in [-0.25, -0.2) is 4.79 Å². The standard InChI is InChI=1S/C27H31N3O4S/c1-3-34-19-9-6-8-18(16-19)25-22-11-7-15-29(22)26-21(20-10-4-5-12-23(20)35-26)17-30(25)27(32)28-14-13-24(31)33-2/h6-9,11,15-16,25H,3-5,10,12-14,17H2,1-2H3,(H,28,32). The smallest absolute Gasteiger partial charge is 0.318 e. The quantitative estimate of drug-likeness (QED) is 0.491. The lowest BCUT2D eigenvalue weighted by atomic mass is 9.95. The number of aromatic nitrogens is 1. The number of thiophene rings is 1. The maximum atomic E-state index is 13.7. The maximum absolute atomic E-state index is 13.7. The fourth-order valence-corrected chi connectivity index (χ4v) is 6.56. The molecule has 0 spiro atoms. The average Bonchev–Trinajstić information content (AvgIpc) is 3.46. The minimum atomic E-state index is -0.342. The molecule has 8 heteroatoms. The summed E-state index contributed by atoms with van der Waals surface area (Å²) in [6, 6.07) is 11.6. The number of urea groups is 1. The van der Waals surface area contributed by atoms with Crippen molar-refractivity contribution in [2.24, 2.45) is 0 Å². The number of hydrogen-bond acceptors (Lipinski definition) is 5. The number of nitrogens with zero attached hydrogens (tertiary/aromatic N) is 2. The number of nitrogens with one attached hydrogen (secondary N) is 1. The summed E-state index contributed by atoms with van der Waals surface area (Å²) in [5.41, 5.74) is 4.68. The lowest BCUT2D eigenvalue weighted by Crippen LogP contribution is -2.42. The fraction of sp³-hybridized carbons (Fsp3) is 0.407. The van der Waals surface area contributed by atoms with Gasteiger partial charge in [0.05, 0.1) is 38.4 Å². The summed E-state index contributed by atoms with van der Waals surface area (Å²) >= 11 is 1.86. The Kier molecular flexibility index (Phi) is 6.81. The number of fused-ring (bicyclic) bond motifs is 5. The molecule has 0 saturated heterocycles. The number of hydrogen-bond donors (Lipinski definition) is 1. The average molecular weight is 494 g/mol. The maximum Gasteiger partial charge on any atom is 0.318 e. The minimum absolute atomic E-state index is 0.135. The molecule has 1 aromatic carbocycles. The van der Waals surface area contributed by atoms with E-state index in [4.69, 9.17) is 9.47 Å². The SMILES string of the molecule is CCOc1cccc(C2c3cccn3-c3sc4c(c3CN2C(=O)NCCC(=O)OC)CCCC4)c1. The van der Waals surface area contributed by atoms with Gasteiger partial charge in [0.2, 0.25) is 0 Å². The third kappa shape index (κ3) is 4.55. The second-order valence-electron chi connectivity index (χ2n) is 8.89. The van der Waals surface area contributed by atoms with Crippen LogP contribution in [0.25, 0.3) is 5.00 Å². The number of amides is 2. The number of aryl methyl sites for hydroxylation is 1. The molecule has 0 radical (unpaired) electrons. The summed E-state index contributed by atoms with van der Waals surface area (Å²) in [4.78, 5) is 28.6. The molecule has 3 heterocycles. The zero-order valence-electron chi connectivity index (χ0n) is 20.2. The third-order valence-electron chi connectivity index (χ3n) is 6.76. The highest BCUT2D eigenvalue weighted by Gasteiger charge is 2.36. The molecule has 1 aliphatic carbocycles. The van der Waals surface area contributed by atoms with Gasteiger partial charge in [-0.15, -0.1) is 11.3 Å². The Bertz CT molecular complexity index is 1230. The Morgan fingerprint density at radius 1 is 1.14 bits per heavy atom. The van der Waals surface area contributed by atoms with Gasteiger partial charge in [-0.2, -0.15) is 0 Å². The zero-order valence-corrected chi connectivity index (χ0v) is 21.0. The zero-order chi connectivity index (χ0) is 24.4. The van der Waals surface area contributed by atoms with Gasteiger partial charge in [0.1, 0.15) is 10.8 Å². The second-order valence-corrected chi connectivity index (χ2v) is 9.98. The second kappa shape index (κ2) is 10.2. The molecule has 3 aromatic rings. The first-order valence-corrected chi connectivity index (χ1v) is 13.1. The van der Waals surface area contributed by atoms with Crippen molar-refractivity contribution in [1.29, 1.82) is 0 Å². The normalized spacial score (nSPS) is 16.5. The molecule has 0 bridgehead atoms. The van der Waals surface area contributed by atoms with E-state index < -0.39 is 0 Å². The highest BCUT2D eigenvalue weighted by molar-refractivity contribution is 7.15. The number of esters is 1. The van der Waals surface area contributed by atoms with E-state index in [0.29, 0.717) is 13.2 Å². The molecule has 2 aromatic heterocycles. The van der Waals surface area contributed by atoms with Crippen LogP contribution in [-0.4, -0.2) is 41.7 Å². The minimum Gasteiger partial charge on any atom is -0.494 e. The number of carbonyl (C=O) groups is 2. The van der Waals surface area contributed by atoms with Crippen LogP contribution in [0.5, 0.6) is 5.75 Å². The number of rotatable bonds is 6. The van der Waals surface area contributed by atoms with E-state index >= 15 is 0 Å². The molecular weight excluding hydrogens is 462 g/mol. The molecule has 1 N–H and O–H groups in total. The van der Waals surface area contributed by atoms with Crippen molar-refractivity contribution in [3.05, 3.63) is 69.9 Å².